The molecule has 1 aromatic heterocycles. The van der Waals surface area contributed by atoms with Gasteiger partial charge in [0.25, 0.3) is 0 Å². The number of hydrogen-bond acceptors (Lipinski definition) is 2. The van der Waals surface area contributed by atoms with Crippen molar-refractivity contribution in [3.63, 3.8) is 0 Å². The average Bonchev–Trinajstić information content (AvgIpc) is 2.88. The Hall–Kier alpha value is -1.59. The van der Waals surface area contributed by atoms with Gasteiger partial charge < -0.3 is 15.0 Å². The molecule has 0 aliphatic carbocycles. The molecule has 0 saturated carbocycles. The summed E-state index contributed by atoms with van der Waals surface area (Å²) in [6.07, 6.45) is 3.11. The number of hydrogen-bond donors (Lipinski definition) is 2. The van der Waals surface area contributed by atoms with Gasteiger partial charge >= 0.3 is 0 Å². The van der Waals surface area contributed by atoms with E-state index in [2.05, 4.69) is 21.2 Å². The van der Waals surface area contributed by atoms with E-state index in [1.165, 1.54) is 0 Å². The van der Waals surface area contributed by atoms with Gasteiger partial charge in [0.15, 0.2) is 0 Å². The predicted octanol–water partition coefficient (Wildman–Crippen LogP) is 3.58. The van der Waals surface area contributed by atoms with E-state index in [1.807, 2.05) is 50.4 Å². The molecular formula is C16H19BrN2O2. The van der Waals surface area contributed by atoms with Crippen molar-refractivity contribution in [1.29, 1.82) is 0 Å². The number of carbonyl (C=O) groups is 1. The molecule has 1 unspecified atom stereocenters. The van der Waals surface area contributed by atoms with Crippen molar-refractivity contribution in [3.8, 4) is 0 Å². The summed E-state index contributed by atoms with van der Waals surface area (Å²) >= 11 is 3.39. The highest BCUT2D eigenvalue weighted by molar-refractivity contribution is 9.10. The standard InChI is InChI=1S/C16H19BrN2O2/c1-11(2)16(21)12-7-8-19(9-12)10-15(20)18-14-6-4-3-5-13(14)17/h3-9,11,16,21H,10H2,1-2H3,(H,18,20). The molecule has 0 radical (unpaired) electrons. The fraction of sp³-hybridized carbons (Fsp3) is 0.312. The van der Waals surface area contributed by atoms with Crippen LogP contribution in [0.5, 0.6) is 0 Å². The lowest BCUT2D eigenvalue weighted by atomic mass is 10.0. The highest BCUT2D eigenvalue weighted by Crippen LogP contribution is 2.22. The maximum atomic E-state index is 12.0. The number of anilines is 1. The molecular weight excluding hydrogens is 332 g/mol. The first kappa shape index (κ1) is 15.8. The third-order valence-corrected chi connectivity index (χ3v) is 3.91. The summed E-state index contributed by atoms with van der Waals surface area (Å²) in [4.78, 5) is 12.0. The van der Waals surface area contributed by atoms with Gasteiger partial charge in [0.05, 0.1) is 11.8 Å². The van der Waals surface area contributed by atoms with Gasteiger partial charge in [0.2, 0.25) is 5.91 Å². The lowest BCUT2D eigenvalue weighted by molar-refractivity contribution is -0.116. The lowest BCUT2D eigenvalue weighted by Gasteiger charge is -2.12. The van der Waals surface area contributed by atoms with Crippen LogP contribution in [-0.2, 0) is 11.3 Å². The molecule has 112 valence electrons. The number of nitrogens with one attached hydrogen (secondary N) is 1. The molecule has 0 spiro atoms. The number of rotatable bonds is 5. The van der Waals surface area contributed by atoms with Crippen LogP contribution in [0.3, 0.4) is 0 Å². The maximum Gasteiger partial charge on any atom is 0.244 e. The second kappa shape index (κ2) is 6.91. The third-order valence-electron chi connectivity index (χ3n) is 3.22. The first-order valence-electron chi connectivity index (χ1n) is 6.85. The minimum absolute atomic E-state index is 0.108. The van der Waals surface area contributed by atoms with Crippen molar-refractivity contribution in [1.82, 2.24) is 4.57 Å². The summed E-state index contributed by atoms with van der Waals surface area (Å²) in [6.45, 7) is 4.13. The molecule has 0 aliphatic heterocycles. The summed E-state index contributed by atoms with van der Waals surface area (Å²) < 4.78 is 2.62. The number of amides is 1. The summed E-state index contributed by atoms with van der Waals surface area (Å²) in [5.74, 6) is 0.0398. The van der Waals surface area contributed by atoms with Gasteiger partial charge in [-0.05, 0) is 45.6 Å². The van der Waals surface area contributed by atoms with Crippen LogP contribution in [0.4, 0.5) is 5.69 Å². The van der Waals surface area contributed by atoms with Gasteiger partial charge in [-0.1, -0.05) is 26.0 Å². The van der Waals surface area contributed by atoms with Crippen molar-refractivity contribution in [2.45, 2.75) is 26.5 Å². The Balaban J connectivity index is 1.99. The lowest BCUT2D eigenvalue weighted by Crippen LogP contribution is -2.18. The van der Waals surface area contributed by atoms with Gasteiger partial charge in [0.1, 0.15) is 6.54 Å². The molecule has 5 heteroatoms. The second-order valence-electron chi connectivity index (χ2n) is 5.33. The van der Waals surface area contributed by atoms with Crippen molar-refractivity contribution >= 4 is 27.5 Å². The number of aromatic nitrogens is 1. The molecule has 1 atom stereocenters. The Morgan fingerprint density at radius 3 is 2.71 bits per heavy atom. The molecule has 2 aromatic rings. The van der Waals surface area contributed by atoms with E-state index in [1.54, 1.807) is 10.8 Å². The molecule has 1 amide bonds. The fourth-order valence-electron chi connectivity index (χ4n) is 2.04. The zero-order valence-electron chi connectivity index (χ0n) is 12.1. The van der Waals surface area contributed by atoms with Crippen LogP contribution < -0.4 is 5.32 Å². The zero-order chi connectivity index (χ0) is 15.4. The van der Waals surface area contributed by atoms with E-state index >= 15 is 0 Å². The van der Waals surface area contributed by atoms with Gasteiger partial charge in [-0.15, -0.1) is 0 Å². The van der Waals surface area contributed by atoms with Gasteiger partial charge in [-0.2, -0.15) is 0 Å². The fourth-order valence-corrected chi connectivity index (χ4v) is 2.42. The monoisotopic (exact) mass is 350 g/mol. The summed E-state index contributed by atoms with van der Waals surface area (Å²) in [5.41, 5.74) is 1.58. The third kappa shape index (κ3) is 4.19. The molecule has 0 saturated heterocycles. The minimum atomic E-state index is -0.502. The molecule has 0 bridgehead atoms. The zero-order valence-corrected chi connectivity index (χ0v) is 13.7. The van der Waals surface area contributed by atoms with Crippen LogP contribution >= 0.6 is 15.9 Å². The molecule has 2 N–H and O–H groups in total. The molecule has 1 heterocycles. The normalized spacial score (nSPS) is 12.4. The van der Waals surface area contributed by atoms with Crippen molar-refractivity contribution in [2.75, 3.05) is 5.32 Å². The summed E-state index contributed by atoms with van der Waals surface area (Å²) in [7, 11) is 0. The van der Waals surface area contributed by atoms with E-state index in [4.69, 9.17) is 0 Å². The number of halogens is 1. The smallest absolute Gasteiger partial charge is 0.244 e. The molecule has 0 aliphatic rings. The Bertz CT molecular complexity index is 622. The number of para-hydroxylation sites is 1. The second-order valence-corrected chi connectivity index (χ2v) is 6.19. The number of benzene rings is 1. The molecule has 4 nitrogen and oxygen atoms in total. The first-order chi connectivity index (χ1) is 9.97. The molecule has 1 aromatic carbocycles. The largest absolute Gasteiger partial charge is 0.388 e. The summed E-state index contributed by atoms with van der Waals surface area (Å²) in [5, 5.41) is 12.8. The van der Waals surface area contributed by atoms with Crippen molar-refractivity contribution < 1.29 is 9.90 Å². The number of aliphatic hydroxyl groups is 1. The number of aliphatic hydroxyl groups excluding tert-OH is 1. The van der Waals surface area contributed by atoms with Gasteiger partial charge in [-0.25, -0.2) is 0 Å². The van der Waals surface area contributed by atoms with Crippen LogP contribution in [0.25, 0.3) is 0 Å². The highest BCUT2D eigenvalue weighted by Gasteiger charge is 2.14. The average molecular weight is 351 g/mol. The van der Waals surface area contributed by atoms with Crippen LogP contribution in [0, 0.1) is 5.92 Å². The van der Waals surface area contributed by atoms with E-state index in [0.29, 0.717) is 0 Å². The number of carbonyl (C=O) groups excluding carboxylic acids is 1. The first-order valence-corrected chi connectivity index (χ1v) is 7.65. The molecule has 21 heavy (non-hydrogen) atoms. The molecule has 2 rings (SSSR count). The SMILES string of the molecule is CC(C)C(O)c1ccn(CC(=O)Nc2ccccc2Br)c1. The Labute approximate surface area is 132 Å². The van der Waals surface area contributed by atoms with Crippen LogP contribution in [0.15, 0.2) is 47.2 Å². The van der Waals surface area contributed by atoms with Crippen molar-refractivity contribution in [3.05, 3.63) is 52.8 Å². The van der Waals surface area contributed by atoms with Gasteiger partial charge in [0, 0.05) is 16.9 Å². The van der Waals surface area contributed by atoms with Gasteiger partial charge in [-0.3, -0.25) is 4.79 Å². The Kier molecular flexibility index (Phi) is 5.20. The maximum absolute atomic E-state index is 12.0. The summed E-state index contributed by atoms with van der Waals surface area (Å²) in [6, 6.07) is 9.32. The van der Waals surface area contributed by atoms with Crippen molar-refractivity contribution in [2.24, 2.45) is 5.92 Å². The van der Waals surface area contributed by atoms with E-state index < -0.39 is 6.10 Å². The Morgan fingerprint density at radius 1 is 1.33 bits per heavy atom. The van der Waals surface area contributed by atoms with E-state index in [0.717, 1.165) is 15.7 Å². The van der Waals surface area contributed by atoms with E-state index in [9.17, 15) is 9.90 Å². The molecule has 0 fully saturated rings. The highest BCUT2D eigenvalue weighted by atomic mass is 79.9. The Morgan fingerprint density at radius 2 is 2.05 bits per heavy atom. The minimum Gasteiger partial charge on any atom is -0.388 e. The quantitative estimate of drug-likeness (QED) is 0.865. The van der Waals surface area contributed by atoms with Crippen LogP contribution in [0.1, 0.15) is 25.5 Å². The van der Waals surface area contributed by atoms with E-state index in [-0.39, 0.29) is 18.4 Å². The number of nitrogens with zero attached hydrogens (tertiary/aromatic N) is 1. The van der Waals surface area contributed by atoms with Crippen LogP contribution in [-0.4, -0.2) is 15.6 Å². The predicted molar refractivity (Wildman–Crippen MR) is 87.0 cm³/mol. The van der Waals surface area contributed by atoms with Crippen LogP contribution in [0.2, 0.25) is 0 Å². The topological polar surface area (TPSA) is 54.3 Å².